The summed E-state index contributed by atoms with van der Waals surface area (Å²) in [5.41, 5.74) is 12.2. The average molecular weight is 832 g/mol. The van der Waals surface area contributed by atoms with Crippen LogP contribution in [0.5, 0.6) is 0 Å². The number of carbonyl (C=O) groups is 2. The number of anilines is 3. The standard InChI is InChI=1S/C34H53N17O6.ClH/c1-2-17-55-19-21-57-22-20-56-18-7-38-32-39-33(41-34(40-32)49-14-10-47(11-15-49)30(54)26-51-24-28(5-16-52)43-45-51)48-12-8-46(9-13-48)29(53)25-50-23-27(42-44-50)4-3-6-37-31(35)36;/h1,23-24,52H,3-22,25-26H2,(H4,35,36,37)(H,38,39,40,41);1H. The van der Waals surface area contributed by atoms with Crippen LogP contribution in [0.2, 0.25) is 0 Å². The van der Waals surface area contributed by atoms with Crippen LogP contribution in [-0.4, -0.2) is 189 Å². The Labute approximate surface area is 342 Å². The molecule has 2 amide bonds. The van der Waals surface area contributed by atoms with E-state index in [9.17, 15) is 9.59 Å². The van der Waals surface area contributed by atoms with Crippen LogP contribution in [0.4, 0.5) is 17.8 Å². The summed E-state index contributed by atoms with van der Waals surface area (Å²) in [6.45, 7) is 7.36. The zero-order valence-electron chi connectivity index (χ0n) is 32.6. The first-order valence-corrected chi connectivity index (χ1v) is 19.0. The molecule has 318 valence electrons. The molecule has 0 aliphatic carbocycles. The van der Waals surface area contributed by atoms with Gasteiger partial charge in [-0.05, 0) is 12.8 Å². The fourth-order valence-corrected chi connectivity index (χ4v) is 5.95. The molecule has 2 aliphatic rings. The summed E-state index contributed by atoms with van der Waals surface area (Å²) in [6, 6.07) is 0. The van der Waals surface area contributed by atoms with Crippen molar-refractivity contribution in [3.05, 3.63) is 23.8 Å². The third-order valence-corrected chi connectivity index (χ3v) is 8.92. The van der Waals surface area contributed by atoms with Gasteiger partial charge in [-0.15, -0.1) is 29.0 Å². The van der Waals surface area contributed by atoms with Crippen molar-refractivity contribution in [3.8, 4) is 12.3 Å². The number of piperazine rings is 2. The second-order valence-electron chi connectivity index (χ2n) is 13.1. The Morgan fingerprint density at radius 3 is 1.81 bits per heavy atom. The first-order chi connectivity index (χ1) is 27.8. The molecule has 2 fully saturated rings. The third-order valence-electron chi connectivity index (χ3n) is 8.92. The van der Waals surface area contributed by atoms with E-state index < -0.39 is 0 Å². The van der Waals surface area contributed by atoms with E-state index >= 15 is 0 Å². The number of hydrogen-bond donors (Lipinski definition) is 4. The molecule has 2 saturated heterocycles. The first kappa shape index (κ1) is 45.3. The van der Waals surface area contributed by atoms with Crippen molar-refractivity contribution >= 4 is 48.0 Å². The van der Waals surface area contributed by atoms with Gasteiger partial charge in [-0.3, -0.25) is 14.6 Å². The van der Waals surface area contributed by atoms with Crippen molar-refractivity contribution in [2.75, 3.05) is 127 Å². The molecule has 24 heteroatoms. The van der Waals surface area contributed by atoms with Crippen LogP contribution in [0.25, 0.3) is 0 Å². The fraction of sp³-hybridized carbons (Fsp3) is 0.647. The van der Waals surface area contributed by atoms with Gasteiger partial charge in [0.05, 0.1) is 44.4 Å². The number of guanidine groups is 1. The fourth-order valence-electron chi connectivity index (χ4n) is 5.95. The molecule has 0 saturated carbocycles. The highest BCUT2D eigenvalue weighted by Crippen LogP contribution is 2.20. The van der Waals surface area contributed by atoms with Gasteiger partial charge >= 0.3 is 0 Å². The van der Waals surface area contributed by atoms with Crippen molar-refractivity contribution in [2.24, 2.45) is 16.5 Å². The molecule has 3 aromatic heterocycles. The van der Waals surface area contributed by atoms with E-state index in [4.69, 9.17) is 52.2 Å². The number of aryl methyl sites for hydroxylation is 1. The minimum Gasteiger partial charge on any atom is -0.396 e. The number of amides is 2. The van der Waals surface area contributed by atoms with Crippen LogP contribution < -0.4 is 26.6 Å². The lowest BCUT2D eigenvalue weighted by atomic mass is 10.2. The molecule has 0 bridgehead atoms. The highest BCUT2D eigenvalue weighted by molar-refractivity contribution is 5.85. The second-order valence-corrected chi connectivity index (χ2v) is 13.1. The molecule has 0 atom stereocenters. The monoisotopic (exact) mass is 831 g/mol. The number of nitrogens with one attached hydrogen (secondary N) is 1. The van der Waals surface area contributed by atoms with Crippen LogP contribution in [0.15, 0.2) is 17.4 Å². The van der Waals surface area contributed by atoms with E-state index in [0.717, 1.165) is 5.69 Å². The van der Waals surface area contributed by atoms with Gasteiger partial charge < -0.3 is 55.7 Å². The molecular weight excluding hydrogens is 778 g/mol. The van der Waals surface area contributed by atoms with Crippen molar-refractivity contribution < 1.29 is 28.9 Å². The highest BCUT2D eigenvalue weighted by atomic mass is 35.5. The van der Waals surface area contributed by atoms with Gasteiger partial charge in [0.2, 0.25) is 29.7 Å². The van der Waals surface area contributed by atoms with E-state index in [2.05, 4.69) is 36.9 Å². The summed E-state index contributed by atoms with van der Waals surface area (Å²) in [6.07, 6.45) is 10.4. The quantitative estimate of drug-likeness (QED) is 0.0321. The number of terminal acetylenes is 1. The van der Waals surface area contributed by atoms with Crippen molar-refractivity contribution in [1.82, 2.24) is 54.7 Å². The normalized spacial score (nSPS) is 14.2. The van der Waals surface area contributed by atoms with E-state index in [1.165, 1.54) is 4.68 Å². The predicted octanol–water partition coefficient (Wildman–Crippen LogP) is -2.99. The highest BCUT2D eigenvalue weighted by Gasteiger charge is 2.27. The predicted molar refractivity (Wildman–Crippen MR) is 214 cm³/mol. The van der Waals surface area contributed by atoms with Crippen molar-refractivity contribution in [2.45, 2.75) is 32.4 Å². The topological polar surface area (TPSA) is 272 Å². The molecule has 0 unspecified atom stereocenters. The number of hydrogen-bond acceptors (Lipinski definition) is 17. The maximum absolute atomic E-state index is 13.2. The van der Waals surface area contributed by atoms with Crippen LogP contribution in [0.3, 0.4) is 0 Å². The third kappa shape index (κ3) is 14.8. The van der Waals surface area contributed by atoms with Crippen LogP contribution in [0.1, 0.15) is 17.8 Å². The maximum atomic E-state index is 13.2. The summed E-state index contributed by atoms with van der Waals surface area (Å²) in [4.78, 5) is 52.2. The Morgan fingerprint density at radius 1 is 0.776 bits per heavy atom. The van der Waals surface area contributed by atoms with Gasteiger partial charge in [0.25, 0.3) is 0 Å². The first-order valence-electron chi connectivity index (χ1n) is 19.0. The van der Waals surface area contributed by atoms with Crippen LogP contribution >= 0.6 is 12.4 Å². The second kappa shape index (κ2) is 24.4. The van der Waals surface area contributed by atoms with Crippen molar-refractivity contribution in [1.29, 1.82) is 0 Å². The van der Waals surface area contributed by atoms with Gasteiger partial charge in [-0.1, -0.05) is 16.3 Å². The summed E-state index contributed by atoms with van der Waals surface area (Å²) in [7, 11) is 0. The number of nitrogens with two attached hydrogens (primary N) is 2. The number of aliphatic imine (C=N–C) groups is 1. The molecule has 0 spiro atoms. The molecule has 58 heavy (non-hydrogen) atoms. The molecule has 5 heterocycles. The number of nitrogens with zero attached hydrogens (tertiary/aromatic N) is 14. The lowest BCUT2D eigenvalue weighted by Crippen LogP contribution is -2.51. The maximum Gasteiger partial charge on any atom is 0.244 e. The lowest BCUT2D eigenvalue weighted by Gasteiger charge is -2.36. The van der Waals surface area contributed by atoms with Gasteiger partial charge in [0, 0.05) is 90.9 Å². The van der Waals surface area contributed by atoms with E-state index in [1.54, 1.807) is 26.9 Å². The molecule has 6 N–H and O–H groups in total. The summed E-state index contributed by atoms with van der Waals surface area (Å²) in [5.74, 6) is 3.69. The lowest BCUT2D eigenvalue weighted by molar-refractivity contribution is -0.133. The summed E-state index contributed by atoms with van der Waals surface area (Å²) in [5, 5.41) is 28.7. The van der Waals surface area contributed by atoms with Gasteiger partial charge in [0.15, 0.2) is 5.96 Å². The molecule has 23 nitrogen and oxygen atoms in total. The van der Waals surface area contributed by atoms with Gasteiger partial charge in [-0.25, -0.2) is 9.36 Å². The van der Waals surface area contributed by atoms with Gasteiger partial charge in [0.1, 0.15) is 19.7 Å². The number of aliphatic hydroxyl groups is 1. The molecular formula is C34H54ClN17O6. The van der Waals surface area contributed by atoms with E-state index in [-0.39, 0.29) is 56.5 Å². The SMILES string of the molecule is C#CCOCCOCCOCCNc1nc(N2CCN(C(=O)Cn3cc(CCO)nn3)CC2)nc(N2CCN(C(=O)Cn3cc(CCCN=C(N)N)nn3)CC2)n1.Cl. The van der Waals surface area contributed by atoms with Crippen molar-refractivity contribution in [3.63, 3.8) is 0 Å². The van der Waals surface area contributed by atoms with Crippen LogP contribution in [-0.2, 0) is 49.7 Å². The minimum atomic E-state index is -0.0763. The molecule has 2 aliphatic heterocycles. The van der Waals surface area contributed by atoms with E-state index in [0.29, 0.717) is 141 Å². The smallest absolute Gasteiger partial charge is 0.244 e. The Bertz CT molecular complexity index is 1770. The molecule has 3 aromatic rings. The zero-order chi connectivity index (χ0) is 40.2. The number of halogens is 1. The molecule has 5 rings (SSSR count). The summed E-state index contributed by atoms with van der Waals surface area (Å²) >= 11 is 0. The van der Waals surface area contributed by atoms with E-state index in [1.807, 2.05) is 9.80 Å². The Hall–Kier alpha value is -5.41. The Kier molecular flexibility index (Phi) is 19.0. The largest absolute Gasteiger partial charge is 0.396 e. The number of rotatable bonds is 23. The number of ether oxygens (including phenoxy) is 3. The molecule has 0 radical (unpaired) electrons. The minimum absolute atomic E-state index is 0. The summed E-state index contributed by atoms with van der Waals surface area (Å²) < 4.78 is 19.4. The number of carbonyl (C=O) groups excluding carboxylic acids is 2. The number of aliphatic hydroxyl groups excluding tert-OH is 1. The Morgan fingerprint density at radius 2 is 1.29 bits per heavy atom. The van der Waals surface area contributed by atoms with Crippen LogP contribution in [0, 0.1) is 12.3 Å². The Balaban J connectivity index is 0.00000744. The number of aromatic nitrogens is 9. The molecule has 0 aromatic carbocycles. The van der Waals surface area contributed by atoms with Gasteiger partial charge in [-0.2, -0.15) is 15.0 Å². The zero-order valence-corrected chi connectivity index (χ0v) is 33.4. The average Bonchev–Trinajstić information content (AvgIpc) is 3.87.